The number of carbonyl (C=O) groups excluding carboxylic acids is 2. The first kappa shape index (κ1) is 13.2. The van der Waals surface area contributed by atoms with Crippen LogP contribution in [0.25, 0.3) is 0 Å². The van der Waals surface area contributed by atoms with E-state index >= 15 is 0 Å². The van der Waals surface area contributed by atoms with Crippen molar-refractivity contribution in [1.82, 2.24) is 0 Å². The van der Waals surface area contributed by atoms with Gasteiger partial charge in [0, 0.05) is 11.3 Å². The van der Waals surface area contributed by atoms with E-state index in [1.165, 1.54) is 6.92 Å². The number of benzene rings is 1. The van der Waals surface area contributed by atoms with Crippen molar-refractivity contribution in [3.63, 3.8) is 0 Å². The maximum Gasteiger partial charge on any atom is 0.412 e. The molecule has 0 saturated carbocycles. The van der Waals surface area contributed by atoms with Gasteiger partial charge in [-0.05, 0) is 39.8 Å². The molecule has 0 fully saturated rings. The summed E-state index contributed by atoms with van der Waals surface area (Å²) in [6.07, 6.45) is -0.529. The molecule has 92 valence electrons. The molecule has 0 radical (unpaired) electrons. The van der Waals surface area contributed by atoms with E-state index in [2.05, 4.69) is 5.32 Å². The Hall–Kier alpha value is -1.84. The summed E-state index contributed by atoms with van der Waals surface area (Å²) in [7, 11) is 0. The van der Waals surface area contributed by atoms with Gasteiger partial charge in [0.1, 0.15) is 5.60 Å². The van der Waals surface area contributed by atoms with Gasteiger partial charge in [0.15, 0.2) is 5.78 Å². The lowest BCUT2D eigenvalue weighted by Crippen LogP contribution is -2.27. The predicted octanol–water partition coefficient (Wildman–Crippen LogP) is 3.24. The maximum atomic E-state index is 11.5. The van der Waals surface area contributed by atoms with E-state index in [1.54, 1.807) is 45.0 Å². The van der Waals surface area contributed by atoms with Crippen LogP contribution in [0.5, 0.6) is 0 Å². The molecule has 0 spiro atoms. The van der Waals surface area contributed by atoms with Gasteiger partial charge in [0.05, 0.1) is 0 Å². The van der Waals surface area contributed by atoms with Crippen LogP contribution in [0.15, 0.2) is 24.3 Å². The van der Waals surface area contributed by atoms with Gasteiger partial charge in [-0.1, -0.05) is 12.1 Å². The summed E-state index contributed by atoms with van der Waals surface area (Å²) in [5, 5.41) is 2.58. The zero-order chi connectivity index (χ0) is 13.1. The van der Waals surface area contributed by atoms with Crippen molar-refractivity contribution in [3.8, 4) is 0 Å². The lowest BCUT2D eigenvalue weighted by atomic mass is 10.1. The molecule has 1 aromatic carbocycles. The van der Waals surface area contributed by atoms with Crippen LogP contribution in [0, 0.1) is 0 Å². The Morgan fingerprint density at radius 1 is 1.24 bits per heavy atom. The molecule has 0 atom stereocenters. The molecule has 1 amide bonds. The van der Waals surface area contributed by atoms with Gasteiger partial charge in [-0.25, -0.2) is 4.79 Å². The monoisotopic (exact) mass is 235 g/mol. The quantitative estimate of drug-likeness (QED) is 0.800. The Morgan fingerprint density at radius 2 is 1.88 bits per heavy atom. The number of rotatable bonds is 2. The van der Waals surface area contributed by atoms with E-state index in [0.29, 0.717) is 11.3 Å². The zero-order valence-electron chi connectivity index (χ0n) is 10.5. The smallest absolute Gasteiger partial charge is 0.412 e. The fraction of sp³-hybridized carbons (Fsp3) is 0.385. The minimum atomic E-state index is -0.539. The summed E-state index contributed by atoms with van der Waals surface area (Å²) >= 11 is 0. The second kappa shape index (κ2) is 4.99. The molecule has 1 aromatic rings. The molecule has 0 aliphatic carbocycles. The number of ether oxygens (including phenoxy) is 1. The molecule has 4 nitrogen and oxygen atoms in total. The number of anilines is 1. The third-order valence-electron chi connectivity index (χ3n) is 1.91. The molecule has 0 unspecified atom stereocenters. The number of Topliss-reactive ketones (excluding diaryl/α,β-unsaturated/α-hetero) is 1. The van der Waals surface area contributed by atoms with E-state index in [-0.39, 0.29) is 5.78 Å². The van der Waals surface area contributed by atoms with Crippen LogP contribution in [-0.4, -0.2) is 17.5 Å². The highest BCUT2D eigenvalue weighted by molar-refractivity contribution is 5.96. The van der Waals surface area contributed by atoms with Crippen LogP contribution in [-0.2, 0) is 4.74 Å². The molecule has 0 saturated heterocycles. The van der Waals surface area contributed by atoms with Crippen molar-refractivity contribution in [3.05, 3.63) is 29.8 Å². The maximum absolute atomic E-state index is 11.5. The molecule has 0 aromatic heterocycles. The normalized spacial score (nSPS) is 10.8. The summed E-state index contributed by atoms with van der Waals surface area (Å²) in [4.78, 5) is 22.7. The number of carbonyl (C=O) groups is 2. The topological polar surface area (TPSA) is 55.4 Å². The Morgan fingerprint density at radius 3 is 2.41 bits per heavy atom. The second-order valence-corrected chi connectivity index (χ2v) is 4.76. The summed E-state index contributed by atoms with van der Waals surface area (Å²) in [5.41, 5.74) is 0.563. The Kier molecular flexibility index (Phi) is 3.89. The molecule has 1 rings (SSSR count). The van der Waals surface area contributed by atoms with Crippen molar-refractivity contribution in [2.24, 2.45) is 0 Å². The molecule has 1 N–H and O–H groups in total. The van der Waals surface area contributed by atoms with Gasteiger partial charge in [-0.15, -0.1) is 0 Å². The van der Waals surface area contributed by atoms with E-state index < -0.39 is 11.7 Å². The van der Waals surface area contributed by atoms with Crippen LogP contribution >= 0.6 is 0 Å². The van der Waals surface area contributed by atoms with Gasteiger partial charge >= 0.3 is 6.09 Å². The third kappa shape index (κ3) is 4.68. The lowest BCUT2D eigenvalue weighted by molar-refractivity contribution is 0.0635. The second-order valence-electron chi connectivity index (χ2n) is 4.76. The van der Waals surface area contributed by atoms with E-state index in [4.69, 9.17) is 4.74 Å². The van der Waals surface area contributed by atoms with Crippen LogP contribution in [0.3, 0.4) is 0 Å². The number of ketones is 1. The highest BCUT2D eigenvalue weighted by Crippen LogP contribution is 2.13. The Bertz CT molecular complexity index is 433. The van der Waals surface area contributed by atoms with Crippen LogP contribution in [0.1, 0.15) is 38.1 Å². The Balaban J connectivity index is 2.72. The van der Waals surface area contributed by atoms with Crippen molar-refractivity contribution in [2.45, 2.75) is 33.3 Å². The SMILES string of the molecule is CC(=O)c1cccc(NC(=O)OC(C)(C)C)c1. The average molecular weight is 235 g/mol. The Labute approximate surface area is 101 Å². The standard InChI is InChI=1S/C13H17NO3/c1-9(15)10-6-5-7-11(8-10)14-12(16)17-13(2,3)4/h5-8H,1-4H3,(H,14,16). The minimum absolute atomic E-state index is 0.0437. The van der Waals surface area contributed by atoms with Crippen LogP contribution in [0.4, 0.5) is 10.5 Å². The van der Waals surface area contributed by atoms with Gasteiger partial charge in [0.25, 0.3) is 0 Å². The van der Waals surface area contributed by atoms with Crippen molar-refractivity contribution in [1.29, 1.82) is 0 Å². The summed E-state index contributed by atoms with van der Waals surface area (Å²) in [6, 6.07) is 6.73. The van der Waals surface area contributed by atoms with Crippen LogP contribution < -0.4 is 5.32 Å². The fourth-order valence-corrected chi connectivity index (χ4v) is 1.24. The lowest BCUT2D eigenvalue weighted by Gasteiger charge is -2.19. The molecule has 0 heterocycles. The molecule has 4 heteroatoms. The molecular formula is C13H17NO3. The first-order valence-electron chi connectivity index (χ1n) is 5.39. The van der Waals surface area contributed by atoms with Gasteiger partial charge < -0.3 is 4.74 Å². The van der Waals surface area contributed by atoms with Gasteiger partial charge in [-0.3, -0.25) is 10.1 Å². The molecule has 17 heavy (non-hydrogen) atoms. The highest BCUT2D eigenvalue weighted by Gasteiger charge is 2.16. The first-order valence-corrected chi connectivity index (χ1v) is 5.39. The van der Waals surface area contributed by atoms with Crippen molar-refractivity contribution < 1.29 is 14.3 Å². The molecular weight excluding hydrogens is 218 g/mol. The largest absolute Gasteiger partial charge is 0.444 e. The fourth-order valence-electron chi connectivity index (χ4n) is 1.24. The summed E-state index contributed by atoms with van der Waals surface area (Å²) in [5.74, 6) is -0.0437. The van der Waals surface area contributed by atoms with Gasteiger partial charge in [-0.2, -0.15) is 0 Å². The van der Waals surface area contributed by atoms with E-state index in [1.807, 2.05) is 0 Å². The van der Waals surface area contributed by atoms with Crippen molar-refractivity contribution >= 4 is 17.6 Å². The summed E-state index contributed by atoms with van der Waals surface area (Å²) < 4.78 is 5.11. The predicted molar refractivity (Wildman–Crippen MR) is 66.3 cm³/mol. The van der Waals surface area contributed by atoms with Crippen LogP contribution in [0.2, 0.25) is 0 Å². The van der Waals surface area contributed by atoms with E-state index in [9.17, 15) is 9.59 Å². The molecule has 0 aliphatic rings. The zero-order valence-corrected chi connectivity index (χ0v) is 10.5. The highest BCUT2D eigenvalue weighted by atomic mass is 16.6. The number of nitrogens with one attached hydrogen (secondary N) is 1. The van der Waals surface area contributed by atoms with E-state index in [0.717, 1.165) is 0 Å². The number of hydrogen-bond donors (Lipinski definition) is 1. The summed E-state index contributed by atoms with van der Waals surface area (Å²) in [6.45, 7) is 6.85. The van der Waals surface area contributed by atoms with Crippen molar-refractivity contribution in [2.75, 3.05) is 5.32 Å². The minimum Gasteiger partial charge on any atom is -0.444 e. The number of amides is 1. The van der Waals surface area contributed by atoms with Gasteiger partial charge in [0.2, 0.25) is 0 Å². The molecule has 0 bridgehead atoms. The average Bonchev–Trinajstić information content (AvgIpc) is 2.14. The number of hydrogen-bond acceptors (Lipinski definition) is 3. The molecule has 0 aliphatic heterocycles. The first-order chi connectivity index (χ1) is 7.78. The third-order valence-corrected chi connectivity index (χ3v) is 1.91.